The highest BCUT2D eigenvalue weighted by atomic mass is 16.4. The molecule has 0 saturated heterocycles. The molecule has 0 aromatic heterocycles. The second kappa shape index (κ2) is 11.5. The lowest BCUT2D eigenvalue weighted by Gasteiger charge is -2.20. The van der Waals surface area contributed by atoms with E-state index >= 15 is 0 Å². The summed E-state index contributed by atoms with van der Waals surface area (Å²) < 4.78 is 0. The topological polar surface area (TPSA) is 86.3 Å². The molecule has 0 saturated carbocycles. The highest BCUT2D eigenvalue weighted by Crippen LogP contribution is 2.44. The number of aromatic carboxylic acids is 1. The van der Waals surface area contributed by atoms with Crippen molar-refractivity contribution in [2.24, 2.45) is 0 Å². The Bertz CT molecular complexity index is 2230. The minimum absolute atomic E-state index is 0.000110. The lowest BCUT2D eigenvalue weighted by molar-refractivity contribution is -0.254. The van der Waals surface area contributed by atoms with Gasteiger partial charge >= 0.3 is 0 Å². The van der Waals surface area contributed by atoms with E-state index in [0.29, 0.717) is 29.5 Å². The zero-order valence-electron chi connectivity index (χ0n) is 24.9. The molecule has 0 aliphatic carbocycles. The van der Waals surface area contributed by atoms with Gasteiger partial charge in [-0.15, -0.1) is 0 Å². The molecule has 0 aliphatic rings. The summed E-state index contributed by atoms with van der Waals surface area (Å²) in [5, 5.41) is 21.9. The largest absolute Gasteiger partial charge is 0.545 e. The van der Waals surface area contributed by atoms with Crippen LogP contribution in [0.25, 0.3) is 43.1 Å². The average Bonchev–Trinajstić information content (AvgIpc) is 3.07. The Balaban J connectivity index is 1.37. The minimum Gasteiger partial charge on any atom is -0.545 e. The van der Waals surface area contributed by atoms with Crippen LogP contribution in [0.1, 0.15) is 54.2 Å². The highest BCUT2D eigenvalue weighted by Gasteiger charge is 2.22. The fraction of sp³-hybridized carbons (Fsp3) is 0.125. The van der Waals surface area contributed by atoms with Gasteiger partial charge < -0.3 is 15.2 Å². The molecule has 0 spiro atoms. The summed E-state index contributed by atoms with van der Waals surface area (Å²) in [6, 6.07) is 34.7. The number of carbonyl (C=O) groups is 3. The van der Waals surface area contributed by atoms with E-state index in [2.05, 4.69) is 5.32 Å². The van der Waals surface area contributed by atoms with E-state index in [-0.39, 0.29) is 23.7 Å². The van der Waals surface area contributed by atoms with Crippen LogP contribution in [0.4, 0.5) is 0 Å². The summed E-state index contributed by atoms with van der Waals surface area (Å²) in [4.78, 5) is 39.6. The molecule has 5 heteroatoms. The second-order valence-electron chi connectivity index (χ2n) is 11.6. The third-order valence-electron chi connectivity index (χ3n) is 8.90. The van der Waals surface area contributed by atoms with Gasteiger partial charge in [-0.25, -0.2) is 0 Å². The van der Waals surface area contributed by atoms with E-state index in [0.717, 1.165) is 60.8 Å². The van der Waals surface area contributed by atoms with Crippen molar-refractivity contribution in [1.82, 2.24) is 5.32 Å². The standard InChI is InChI=1S/C40H31NO4/c1-24-12-14-27-30-17-20-33(40(44)45)38-31(34(42)21-13-25-8-4-2-5-9-25)18-15-29(37(30)38)28-16-19-32(35(24)36(27)28)39(43)41-23-22-26-10-6-3-7-11-26/h2-12,14-20H,13,21-23H2,1H3,(H,41,43)(H,44,45)/p-1. The minimum atomic E-state index is -1.32. The van der Waals surface area contributed by atoms with E-state index < -0.39 is 5.97 Å². The summed E-state index contributed by atoms with van der Waals surface area (Å²) in [6.07, 6.45) is 1.54. The molecule has 0 fully saturated rings. The number of fused-ring (bicyclic) bond motifs is 2. The number of carboxylic acid groups (broad SMARTS) is 1. The van der Waals surface area contributed by atoms with Crippen LogP contribution in [0.2, 0.25) is 0 Å². The highest BCUT2D eigenvalue weighted by molar-refractivity contribution is 6.37. The van der Waals surface area contributed by atoms with Gasteiger partial charge in [-0.05, 0) is 80.2 Å². The normalized spacial score (nSPS) is 11.5. The summed E-state index contributed by atoms with van der Waals surface area (Å²) in [5.41, 5.74) is 4.16. The Labute approximate surface area is 260 Å². The molecule has 5 nitrogen and oxygen atoms in total. The average molecular weight is 589 g/mol. The van der Waals surface area contributed by atoms with Crippen molar-refractivity contribution < 1.29 is 19.5 Å². The number of carboxylic acids is 1. The molecular formula is C40H30NO4-. The van der Waals surface area contributed by atoms with Gasteiger partial charge in [0.25, 0.3) is 5.91 Å². The molecule has 0 aliphatic heterocycles. The van der Waals surface area contributed by atoms with Gasteiger partial charge in [0, 0.05) is 35.0 Å². The molecular weight excluding hydrogens is 558 g/mol. The Morgan fingerprint density at radius 3 is 1.67 bits per heavy atom. The van der Waals surface area contributed by atoms with Crippen LogP contribution in [-0.2, 0) is 12.8 Å². The number of amides is 1. The SMILES string of the molecule is Cc1ccc2c3ccc(C(=O)[O-])c4c(C(=O)CCc5ccccc5)ccc(c5ccc(C(=O)NCCc6ccccc6)c1c25)c43. The summed E-state index contributed by atoms with van der Waals surface area (Å²) in [6.45, 7) is 2.52. The monoisotopic (exact) mass is 588 g/mol. The summed E-state index contributed by atoms with van der Waals surface area (Å²) in [5.74, 6) is -1.58. The number of hydrogen-bond acceptors (Lipinski definition) is 4. The van der Waals surface area contributed by atoms with E-state index in [1.54, 1.807) is 18.2 Å². The number of rotatable bonds is 9. The van der Waals surface area contributed by atoms with Crippen LogP contribution in [0.5, 0.6) is 0 Å². The van der Waals surface area contributed by atoms with Gasteiger partial charge in [-0.2, -0.15) is 0 Å². The zero-order chi connectivity index (χ0) is 31.1. The molecule has 0 unspecified atom stereocenters. The number of carbonyl (C=O) groups excluding carboxylic acids is 3. The van der Waals surface area contributed by atoms with Gasteiger partial charge in [0.05, 0.1) is 5.97 Å². The summed E-state index contributed by atoms with van der Waals surface area (Å²) in [7, 11) is 0. The molecule has 0 radical (unpaired) electrons. The van der Waals surface area contributed by atoms with Crippen molar-refractivity contribution in [1.29, 1.82) is 0 Å². The first-order valence-electron chi connectivity index (χ1n) is 15.2. The molecule has 45 heavy (non-hydrogen) atoms. The van der Waals surface area contributed by atoms with Gasteiger partial charge in [-0.3, -0.25) is 9.59 Å². The number of benzene rings is 7. The van der Waals surface area contributed by atoms with Gasteiger partial charge in [0.2, 0.25) is 0 Å². The Kier molecular flexibility index (Phi) is 7.22. The number of nitrogens with one attached hydrogen (secondary N) is 1. The van der Waals surface area contributed by atoms with E-state index in [9.17, 15) is 19.5 Å². The first-order chi connectivity index (χ1) is 21.9. The van der Waals surface area contributed by atoms with E-state index in [1.165, 1.54) is 0 Å². The fourth-order valence-corrected chi connectivity index (χ4v) is 6.75. The maximum atomic E-state index is 13.7. The van der Waals surface area contributed by atoms with Crippen molar-refractivity contribution in [2.45, 2.75) is 26.2 Å². The van der Waals surface area contributed by atoms with Gasteiger partial charge in [-0.1, -0.05) is 103 Å². The number of ketones is 1. The molecule has 220 valence electrons. The molecule has 7 aromatic carbocycles. The van der Waals surface area contributed by atoms with Crippen LogP contribution < -0.4 is 10.4 Å². The van der Waals surface area contributed by atoms with Crippen molar-refractivity contribution in [3.8, 4) is 0 Å². The van der Waals surface area contributed by atoms with Crippen molar-refractivity contribution in [2.75, 3.05) is 6.54 Å². The molecule has 0 atom stereocenters. The van der Waals surface area contributed by atoms with Crippen molar-refractivity contribution >= 4 is 60.7 Å². The lowest BCUT2D eigenvalue weighted by Crippen LogP contribution is -2.26. The predicted molar refractivity (Wildman–Crippen MR) is 178 cm³/mol. The molecule has 0 heterocycles. The van der Waals surface area contributed by atoms with Gasteiger partial charge in [0.1, 0.15) is 0 Å². The molecule has 7 rings (SSSR count). The molecule has 1 N–H and O–H groups in total. The zero-order valence-corrected chi connectivity index (χ0v) is 24.9. The van der Waals surface area contributed by atoms with Crippen LogP contribution in [0.15, 0.2) is 109 Å². The second-order valence-corrected chi connectivity index (χ2v) is 11.6. The quantitative estimate of drug-likeness (QED) is 0.110. The van der Waals surface area contributed by atoms with Crippen LogP contribution in [0.3, 0.4) is 0 Å². The molecule has 1 amide bonds. The number of hydrogen-bond donors (Lipinski definition) is 1. The molecule has 7 aromatic rings. The van der Waals surface area contributed by atoms with Crippen LogP contribution in [-0.4, -0.2) is 24.2 Å². The van der Waals surface area contributed by atoms with Crippen molar-refractivity contribution in [3.05, 3.63) is 143 Å². The maximum Gasteiger partial charge on any atom is 0.251 e. The first kappa shape index (κ1) is 28.2. The first-order valence-corrected chi connectivity index (χ1v) is 15.2. The maximum absolute atomic E-state index is 13.7. The lowest BCUT2D eigenvalue weighted by atomic mass is 9.83. The van der Waals surface area contributed by atoms with E-state index in [1.807, 2.05) is 97.9 Å². The Morgan fingerprint density at radius 2 is 1.07 bits per heavy atom. The Hall–Kier alpha value is -5.55. The number of Topliss-reactive ketones (excluding diaryl/α,β-unsaturated/α-hetero) is 1. The third-order valence-corrected chi connectivity index (χ3v) is 8.90. The predicted octanol–water partition coefficient (Wildman–Crippen LogP) is 7.20. The summed E-state index contributed by atoms with van der Waals surface area (Å²) >= 11 is 0. The third kappa shape index (κ3) is 4.96. The van der Waals surface area contributed by atoms with Crippen molar-refractivity contribution in [3.63, 3.8) is 0 Å². The van der Waals surface area contributed by atoms with Crippen LogP contribution >= 0.6 is 0 Å². The van der Waals surface area contributed by atoms with Crippen LogP contribution in [0, 0.1) is 6.92 Å². The fourth-order valence-electron chi connectivity index (χ4n) is 6.75. The Morgan fingerprint density at radius 1 is 0.556 bits per heavy atom. The molecule has 0 bridgehead atoms. The number of aryl methyl sites for hydroxylation is 2. The smallest absolute Gasteiger partial charge is 0.251 e. The van der Waals surface area contributed by atoms with Gasteiger partial charge in [0.15, 0.2) is 5.78 Å². The van der Waals surface area contributed by atoms with E-state index in [4.69, 9.17) is 0 Å².